The van der Waals surface area contributed by atoms with E-state index in [-0.39, 0.29) is 37.4 Å². The number of hydrogen-bond donors (Lipinski definition) is 3. The van der Waals surface area contributed by atoms with Crippen LogP contribution in [0.3, 0.4) is 0 Å². The van der Waals surface area contributed by atoms with Crippen LogP contribution >= 0.6 is 0 Å². The summed E-state index contributed by atoms with van der Waals surface area (Å²) in [6.45, 7) is 5.93. The van der Waals surface area contributed by atoms with E-state index in [0.29, 0.717) is 23.9 Å². The Morgan fingerprint density at radius 3 is 2.60 bits per heavy atom. The minimum atomic E-state index is -1.46. The van der Waals surface area contributed by atoms with E-state index in [1.165, 1.54) is 18.2 Å². The Labute approximate surface area is 249 Å². The van der Waals surface area contributed by atoms with Gasteiger partial charge in [0.25, 0.3) is 5.91 Å². The van der Waals surface area contributed by atoms with Crippen LogP contribution in [0.2, 0.25) is 0 Å². The van der Waals surface area contributed by atoms with Gasteiger partial charge in [-0.3, -0.25) is 9.69 Å². The number of halogens is 1. The Kier molecular flexibility index (Phi) is 9.61. The van der Waals surface area contributed by atoms with Crippen molar-refractivity contribution in [2.45, 2.75) is 31.7 Å². The summed E-state index contributed by atoms with van der Waals surface area (Å²) in [6.07, 6.45) is -1.86. The molecule has 0 spiro atoms. The second kappa shape index (κ2) is 13.7. The molecule has 5 rings (SSSR count). The van der Waals surface area contributed by atoms with Crippen LogP contribution in [0.4, 0.5) is 21.7 Å². The molecule has 2 aliphatic rings. The number of piperazine rings is 1. The largest absolute Gasteiger partial charge is 0.486 e. The molecule has 1 aromatic heterocycles. The van der Waals surface area contributed by atoms with Gasteiger partial charge in [-0.05, 0) is 49.4 Å². The SMILES string of the molecule is C[C@H](O)C(=O)N1CC[C@H](Oc2ccc(-c3ncnc(Nc4ccc(N5CCN(CCO)CC5)cc4)n3)cc2C#N)[C@@H](F)C1. The zero-order valence-corrected chi connectivity index (χ0v) is 23.9. The molecule has 0 bridgehead atoms. The van der Waals surface area contributed by atoms with Gasteiger partial charge in [-0.2, -0.15) is 10.2 Å². The van der Waals surface area contributed by atoms with E-state index in [4.69, 9.17) is 9.84 Å². The number of likely N-dealkylation sites (tertiary alicyclic amines) is 1. The average Bonchev–Trinajstić information content (AvgIpc) is 3.03. The number of carbonyl (C=O) groups is 1. The molecule has 0 unspecified atom stereocenters. The van der Waals surface area contributed by atoms with Crippen molar-refractivity contribution in [2.24, 2.45) is 0 Å². The number of rotatable bonds is 9. The molecular formula is C30H35FN8O4. The fraction of sp³-hybridized carbons (Fsp3) is 0.433. The van der Waals surface area contributed by atoms with E-state index >= 15 is 0 Å². The van der Waals surface area contributed by atoms with Gasteiger partial charge in [0, 0.05) is 62.6 Å². The maximum absolute atomic E-state index is 14.8. The second-order valence-corrected chi connectivity index (χ2v) is 10.6. The van der Waals surface area contributed by atoms with Gasteiger partial charge in [-0.25, -0.2) is 14.4 Å². The summed E-state index contributed by atoms with van der Waals surface area (Å²) in [5.41, 5.74) is 2.70. The van der Waals surface area contributed by atoms with Crippen molar-refractivity contribution in [1.82, 2.24) is 24.8 Å². The molecular weight excluding hydrogens is 555 g/mol. The molecule has 3 aromatic rings. The number of aliphatic hydroxyl groups excluding tert-OH is 2. The monoisotopic (exact) mass is 590 g/mol. The van der Waals surface area contributed by atoms with Crippen LogP contribution < -0.4 is 15.0 Å². The predicted octanol–water partition coefficient (Wildman–Crippen LogP) is 1.97. The lowest BCUT2D eigenvalue weighted by Crippen LogP contribution is -2.51. The highest BCUT2D eigenvalue weighted by atomic mass is 19.1. The normalized spacial score (nSPS) is 19.9. The van der Waals surface area contributed by atoms with E-state index in [9.17, 15) is 19.6 Å². The van der Waals surface area contributed by atoms with Crippen molar-refractivity contribution in [1.29, 1.82) is 5.26 Å². The second-order valence-electron chi connectivity index (χ2n) is 10.6. The number of hydrogen-bond acceptors (Lipinski definition) is 11. The number of anilines is 3. The van der Waals surface area contributed by atoms with Crippen LogP contribution in [0.1, 0.15) is 18.9 Å². The average molecular weight is 591 g/mol. The lowest BCUT2D eigenvalue weighted by molar-refractivity contribution is -0.143. The molecule has 2 fully saturated rings. The number of piperidine rings is 1. The van der Waals surface area contributed by atoms with Crippen molar-refractivity contribution in [3.8, 4) is 23.2 Å². The van der Waals surface area contributed by atoms with E-state index in [2.05, 4.69) is 36.1 Å². The minimum Gasteiger partial charge on any atom is -0.486 e. The Balaban J connectivity index is 1.22. The molecule has 43 heavy (non-hydrogen) atoms. The number of aromatic nitrogens is 3. The first-order valence-electron chi connectivity index (χ1n) is 14.3. The van der Waals surface area contributed by atoms with Crippen LogP contribution in [0, 0.1) is 11.3 Å². The molecule has 3 N–H and O–H groups in total. The lowest BCUT2D eigenvalue weighted by atomic mass is 10.0. The number of ether oxygens (including phenoxy) is 1. The zero-order chi connectivity index (χ0) is 30.3. The van der Waals surface area contributed by atoms with Gasteiger partial charge in [0.1, 0.15) is 30.4 Å². The molecule has 3 atom stereocenters. The smallest absolute Gasteiger partial charge is 0.251 e. The van der Waals surface area contributed by atoms with Gasteiger partial charge in [0.05, 0.1) is 18.7 Å². The molecule has 0 radical (unpaired) electrons. The summed E-state index contributed by atoms with van der Waals surface area (Å²) >= 11 is 0. The molecule has 0 aliphatic carbocycles. The van der Waals surface area contributed by atoms with E-state index < -0.39 is 24.3 Å². The number of nitriles is 1. The summed E-state index contributed by atoms with van der Waals surface area (Å²) in [6, 6.07) is 15.0. The molecule has 2 aliphatic heterocycles. The Morgan fingerprint density at radius 1 is 1.16 bits per heavy atom. The van der Waals surface area contributed by atoms with Crippen molar-refractivity contribution >= 4 is 23.2 Å². The van der Waals surface area contributed by atoms with Crippen LogP contribution in [0.25, 0.3) is 11.4 Å². The van der Waals surface area contributed by atoms with Crippen molar-refractivity contribution in [3.63, 3.8) is 0 Å². The first-order valence-corrected chi connectivity index (χ1v) is 14.3. The maximum atomic E-state index is 14.8. The molecule has 13 heteroatoms. The Hall–Kier alpha value is -4.38. The summed E-state index contributed by atoms with van der Waals surface area (Å²) in [4.78, 5) is 30.8. The standard InChI is InChI=1S/C30H35FN8O4/c1-20(41)29(42)39-9-8-27(25(31)18-39)43-26-7-2-21(16-22(26)17-32)28-33-19-34-30(36-28)35-23-3-5-24(6-4-23)38-12-10-37(11-13-38)14-15-40/h2-7,16,19-20,25,27,40-41H,8-15,18H2,1H3,(H,33,34,35,36)/t20-,25-,27-/m0/s1. The van der Waals surface area contributed by atoms with Gasteiger partial charge in [-0.15, -0.1) is 0 Å². The summed E-state index contributed by atoms with van der Waals surface area (Å²) in [5, 5.41) is 31.6. The summed E-state index contributed by atoms with van der Waals surface area (Å²) in [5.74, 6) is 0.409. The van der Waals surface area contributed by atoms with Crippen LogP contribution in [0.5, 0.6) is 5.75 Å². The van der Waals surface area contributed by atoms with Gasteiger partial charge >= 0.3 is 0 Å². The van der Waals surface area contributed by atoms with Crippen molar-refractivity contribution < 1.29 is 24.1 Å². The van der Waals surface area contributed by atoms with Crippen molar-refractivity contribution in [3.05, 3.63) is 54.4 Å². The third-order valence-corrected chi connectivity index (χ3v) is 7.64. The van der Waals surface area contributed by atoms with E-state index in [0.717, 1.165) is 37.6 Å². The molecule has 2 saturated heterocycles. The Morgan fingerprint density at radius 2 is 1.93 bits per heavy atom. The topological polar surface area (TPSA) is 151 Å². The number of alkyl halides is 1. The molecule has 0 saturated carbocycles. The van der Waals surface area contributed by atoms with Gasteiger partial charge in [0.2, 0.25) is 5.95 Å². The third-order valence-electron chi connectivity index (χ3n) is 7.64. The number of β-amino-alcohol motifs (C(OH)–C–C–N with tert-alkyl or cyclic N) is 1. The van der Waals surface area contributed by atoms with Crippen molar-refractivity contribution in [2.75, 3.05) is 62.6 Å². The lowest BCUT2D eigenvalue weighted by Gasteiger charge is -2.35. The minimum absolute atomic E-state index is 0.177. The van der Waals surface area contributed by atoms with Gasteiger partial charge in [-0.1, -0.05) is 0 Å². The van der Waals surface area contributed by atoms with Gasteiger partial charge < -0.3 is 30.1 Å². The highest BCUT2D eigenvalue weighted by Crippen LogP contribution is 2.29. The number of nitrogens with one attached hydrogen (secondary N) is 1. The third kappa shape index (κ3) is 7.34. The quantitative estimate of drug-likeness (QED) is 0.336. The van der Waals surface area contributed by atoms with Crippen LogP contribution in [0.15, 0.2) is 48.8 Å². The fourth-order valence-electron chi connectivity index (χ4n) is 5.25. The van der Waals surface area contributed by atoms with Gasteiger partial charge in [0.15, 0.2) is 12.0 Å². The Bertz CT molecular complexity index is 1440. The number of aliphatic hydroxyl groups is 2. The first-order chi connectivity index (χ1) is 20.8. The number of amides is 1. The number of nitrogens with zero attached hydrogens (tertiary/aromatic N) is 7. The molecule has 1 amide bonds. The maximum Gasteiger partial charge on any atom is 0.251 e. The fourth-order valence-corrected chi connectivity index (χ4v) is 5.25. The highest BCUT2D eigenvalue weighted by Gasteiger charge is 2.34. The highest BCUT2D eigenvalue weighted by molar-refractivity contribution is 5.80. The number of benzene rings is 2. The first kappa shape index (κ1) is 30.1. The molecule has 2 aromatic carbocycles. The zero-order valence-electron chi connectivity index (χ0n) is 23.9. The molecule has 226 valence electrons. The molecule has 12 nitrogen and oxygen atoms in total. The summed E-state index contributed by atoms with van der Waals surface area (Å²) < 4.78 is 20.7. The predicted molar refractivity (Wildman–Crippen MR) is 158 cm³/mol. The van der Waals surface area contributed by atoms with E-state index in [1.807, 2.05) is 24.3 Å². The van der Waals surface area contributed by atoms with E-state index in [1.54, 1.807) is 18.2 Å². The number of carbonyl (C=O) groups excluding carboxylic acids is 1. The molecule has 3 heterocycles. The van der Waals surface area contributed by atoms with Crippen LogP contribution in [-0.2, 0) is 4.79 Å². The van der Waals surface area contributed by atoms with Crippen LogP contribution in [-0.4, -0.2) is 112 Å². The summed E-state index contributed by atoms with van der Waals surface area (Å²) in [7, 11) is 0.